The molecule has 16 heavy (non-hydrogen) atoms. The van der Waals surface area contributed by atoms with Gasteiger partial charge >= 0.3 is 5.97 Å². The van der Waals surface area contributed by atoms with Crippen molar-refractivity contribution in [2.75, 3.05) is 0 Å². The lowest BCUT2D eigenvalue weighted by Gasteiger charge is -2.09. The molecule has 1 unspecified atom stereocenters. The molecule has 0 aliphatic heterocycles. The molecule has 0 saturated carbocycles. The van der Waals surface area contributed by atoms with Crippen molar-refractivity contribution in [2.45, 2.75) is 38.9 Å². The van der Waals surface area contributed by atoms with Gasteiger partial charge in [-0.05, 0) is 12.0 Å². The molecule has 0 saturated heterocycles. The van der Waals surface area contributed by atoms with E-state index in [-0.39, 0.29) is 19.0 Å². The molecular formula is C13H18O3. The van der Waals surface area contributed by atoms with Gasteiger partial charge < -0.3 is 9.84 Å². The van der Waals surface area contributed by atoms with Crippen LogP contribution in [0, 0.1) is 0 Å². The summed E-state index contributed by atoms with van der Waals surface area (Å²) in [6, 6.07) is 9.51. The molecule has 3 heteroatoms. The number of ether oxygens (including phenoxy) is 1. The number of carbonyl (C=O) groups is 1. The Labute approximate surface area is 96.1 Å². The van der Waals surface area contributed by atoms with Crippen LogP contribution < -0.4 is 0 Å². The predicted octanol–water partition coefficient (Wildman–Crippen LogP) is 2.28. The van der Waals surface area contributed by atoms with Gasteiger partial charge in [-0.2, -0.15) is 0 Å². The lowest BCUT2D eigenvalue weighted by atomic mass is 10.1. The molecule has 1 N–H and O–H groups in total. The highest BCUT2D eigenvalue weighted by atomic mass is 16.5. The van der Waals surface area contributed by atoms with E-state index in [9.17, 15) is 9.90 Å². The van der Waals surface area contributed by atoms with Gasteiger partial charge in [-0.15, -0.1) is 0 Å². The third kappa shape index (κ3) is 4.94. The van der Waals surface area contributed by atoms with E-state index in [0.29, 0.717) is 6.42 Å². The molecule has 0 aromatic heterocycles. The molecule has 0 radical (unpaired) electrons. The number of hydrogen-bond donors (Lipinski definition) is 1. The van der Waals surface area contributed by atoms with Gasteiger partial charge in [-0.1, -0.05) is 43.7 Å². The van der Waals surface area contributed by atoms with Crippen molar-refractivity contribution >= 4 is 5.97 Å². The molecule has 0 aliphatic rings. The third-order valence-corrected chi connectivity index (χ3v) is 2.27. The Bertz CT molecular complexity index is 308. The SMILES string of the molecule is CCCC(O)CC(=O)OCc1ccccc1. The topological polar surface area (TPSA) is 46.5 Å². The van der Waals surface area contributed by atoms with E-state index in [4.69, 9.17) is 4.74 Å². The molecule has 0 bridgehead atoms. The van der Waals surface area contributed by atoms with Crippen LogP contribution in [0.25, 0.3) is 0 Å². The molecule has 1 aromatic carbocycles. The molecule has 88 valence electrons. The minimum atomic E-state index is -0.576. The number of aliphatic hydroxyl groups is 1. The number of aliphatic hydroxyl groups excluding tert-OH is 1. The second-order valence-electron chi connectivity index (χ2n) is 3.79. The lowest BCUT2D eigenvalue weighted by molar-refractivity contribution is -0.147. The highest BCUT2D eigenvalue weighted by Gasteiger charge is 2.10. The van der Waals surface area contributed by atoms with E-state index in [0.717, 1.165) is 12.0 Å². The first kappa shape index (κ1) is 12.7. The molecule has 0 fully saturated rings. The van der Waals surface area contributed by atoms with Gasteiger partial charge in [0.2, 0.25) is 0 Å². The first-order chi connectivity index (χ1) is 7.72. The first-order valence-electron chi connectivity index (χ1n) is 5.60. The summed E-state index contributed by atoms with van der Waals surface area (Å²) in [5.74, 6) is -0.343. The molecule has 0 heterocycles. The lowest BCUT2D eigenvalue weighted by Crippen LogP contribution is -2.15. The largest absolute Gasteiger partial charge is 0.461 e. The molecule has 1 aromatic rings. The second kappa shape index (κ2) is 7.01. The van der Waals surface area contributed by atoms with E-state index in [1.807, 2.05) is 37.3 Å². The maximum absolute atomic E-state index is 11.3. The number of hydrogen-bond acceptors (Lipinski definition) is 3. The van der Waals surface area contributed by atoms with Gasteiger partial charge in [-0.25, -0.2) is 0 Å². The fourth-order valence-corrected chi connectivity index (χ4v) is 1.42. The maximum Gasteiger partial charge on any atom is 0.308 e. The quantitative estimate of drug-likeness (QED) is 0.751. The Morgan fingerprint density at radius 1 is 1.38 bits per heavy atom. The highest BCUT2D eigenvalue weighted by molar-refractivity contribution is 5.69. The number of benzene rings is 1. The fraction of sp³-hybridized carbons (Fsp3) is 0.462. The smallest absolute Gasteiger partial charge is 0.308 e. The number of rotatable bonds is 6. The summed E-state index contributed by atoms with van der Waals surface area (Å²) in [5, 5.41) is 9.42. The number of carbonyl (C=O) groups excluding carboxylic acids is 1. The molecule has 0 aliphatic carbocycles. The second-order valence-corrected chi connectivity index (χ2v) is 3.79. The Morgan fingerprint density at radius 3 is 2.69 bits per heavy atom. The van der Waals surface area contributed by atoms with E-state index < -0.39 is 6.10 Å². The van der Waals surface area contributed by atoms with E-state index in [1.165, 1.54) is 0 Å². The zero-order chi connectivity index (χ0) is 11.8. The zero-order valence-corrected chi connectivity index (χ0v) is 9.56. The van der Waals surface area contributed by atoms with Crippen molar-refractivity contribution in [3.8, 4) is 0 Å². The van der Waals surface area contributed by atoms with Crippen LogP contribution in [0.1, 0.15) is 31.7 Å². The Hall–Kier alpha value is -1.35. The van der Waals surface area contributed by atoms with Crippen LogP contribution in [0.4, 0.5) is 0 Å². The Balaban J connectivity index is 2.25. The van der Waals surface area contributed by atoms with Gasteiger partial charge in [0.15, 0.2) is 0 Å². The van der Waals surface area contributed by atoms with Gasteiger partial charge in [0.1, 0.15) is 6.61 Å². The molecule has 0 amide bonds. The van der Waals surface area contributed by atoms with Gasteiger partial charge in [0, 0.05) is 0 Å². The van der Waals surface area contributed by atoms with Crippen molar-refractivity contribution in [2.24, 2.45) is 0 Å². The van der Waals surface area contributed by atoms with Crippen LogP contribution in [-0.4, -0.2) is 17.2 Å². The van der Waals surface area contributed by atoms with Crippen molar-refractivity contribution in [3.63, 3.8) is 0 Å². The first-order valence-corrected chi connectivity index (χ1v) is 5.60. The molecule has 3 nitrogen and oxygen atoms in total. The van der Waals surface area contributed by atoms with Crippen molar-refractivity contribution in [1.29, 1.82) is 0 Å². The van der Waals surface area contributed by atoms with E-state index >= 15 is 0 Å². The highest BCUT2D eigenvalue weighted by Crippen LogP contribution is 2.05. The van der Waals surface area contributed by atoms with E-state index in [2.05, 4.69) is 0 Å². The Kier molecular flexibility index (Phi) is 5.57. The van der Waals surface area contributed by atoms with Crippen LogP contribution >= 0.6 is 0 Å². The van der Waals surface area contributed by atoms with E-state index in [1.54, 1.807) is 0 Å². The zero-order valence-electron chi connectivity index (χ0n) is 9.56. The standard InChI is InChI=1S/C13H18O3/c1-2-6-12(14)9-13(15)16-10-11-7-4-3-5-8-11/h3-5,7-8,12,14H,2,6,9-10H2,1H3. The maximum atomic E-state index is 11.3. The monoisotopic (exact) mass is 222 g/mol. The van der Waals surface area contributed by atoms with Crippen LogP contribution in [0.15, 0.2) is 30.3 Å². The predicted molar refractivity (Wildman–Crippen MR) is 61.8 cm³/mol. The van der Waals surface area contributed by atoms with Crippen LogP contribution in [0.5, 0.6) is 0 Å². The fourth-order valence-electron chi connectivity index (χ4n) is 1.42. The molecular weight excluding hydrogens is 204 g/mol. The van der Waals surface area contributed by atoms with Crippen LogP contribution in [0.3, 0.4) is 0 Å². The van der Waals surface area contributed by atoms with Crippen LogP contribution in [0.2, 0.25) is 0 Å². The summed E-state index contributed by atoms with van der Waals surface area (Å²) >= 11 is 0. The molecule has 0 spiro atoms. The van der Waals surface area contributed by atoms with Gasteiger partial charge in [-0.3, -0.25) is 4.79 Å². The Morgan fingerprint density at radius 2 is 2.06 bits per heavy atom. The summed E-state index contributed by atoms with van der Waals surface area (Å²) in [6.07, 6.45) is 1.02. The minimum Gasteiger partial charge on any atom is -0.461 e. The normalized spacial score (nSPS) is 12.1. The van der Waals surface area contributed by atoms with Gasteiger partial charge in [0.05, 0.1) is 12.5 Å². The summed E-state index contributed by atoms with van der Waals surface area (Å²) in [5.41, 5.74) is 0.959. The average Bonchev–Trinajstić information content (AvgIpc) is 2.28. The third-order valence-electron chi connectivity index (χ3n) is 2.27. The van der Waals surface area contributed by atoms with Crippen LogP contribution in [-0.2, 0) is 16.1 Å². The number of esters is 1. The van der Waals surface area contributed by atoms with Crippen molar-refractivity contribution in [1.82, 2.24) is 0 Å². The molecule has 1 atom stereocenters. The molecule has 1 rings (SSSR count). The van der Waals surface area contributed by atoms with Gasteiger partial charge in [0.25, 0.3) is 0 Å². The summed E-state index contributed by atoms with van der Waals surface area (Å²) in [4.78, 5) is 11.3. The summed E-state index contributed by atoms with van der Waals surface area (Å²) in [7, 11) is 0. The summed E-state index contributed by atoms with van der Waals surface area (Å²) in [6.45, 7) is 2.25. The van der Waals surface area contributed by atoms with Crippen molar-refractivity contribution in [3.05, 3.63) is 35.9 Å². The average molecular weight is 222 g/mol. The van der Waals surface area contributed by atoms with Crippen molar-refractivity contribution < 1.29 is 14.6 Å². The summed E-state index contributed by atoms with van der Waals surface area (Å²) < 4.78 is 5.05. The minimum absolute atomic E-state index is 0.0840.